The SMILES string of the molecule is O=C([O-])c1ccccc1NC(=O)N1CCN(Cc2cccc3ccccc23)CC1.[Na+]. The molecule has 0 atom stereocenters. The standard InChI is InChI=1S/C23H23N3O3.Na/c27-22(28)20-10-3-4-11-21(20)24-23(29)26-14-12-25(13-15-26)16-18-8-5-7-17-6-1-2-9-19(17)18;/h1-11H,12-16H2,(H,24,29)(H,27,28);/q;+1/p-1. The summed E-state index contributed by atoms with van der Waals surface area (Å²) in [6.07, 6.45) is 0. The van der Waals surface area contributed by atoms with Crippen LogP contribution in [0.5, 0.6) is 0 Å². The number of carboxylic acids is 1. The molecule has 1 saturated heterocycles. The van der Waals surface area contributed by atoms with E-state index in [1.165, 1.54) is 22.4 Å². The molecule has 0 bridgehead atoms. The summed E-state index contributed by atoms with van der Waals surface area (Å²) in [4.78, 5) is 27.8. The van der Waals surface area contributed by atoms with Crippen molar-refractivity contribution in [1.82, 2.24) is 9.80 Å². The fraction of sp³-hybridized carbons (Fsp3) is 0.217. The van der Waals surface area contributed by atoms with E-state index in [-0.39, 0.29) is 46.8 Å². The summed E-state index contributed by atoms with van der Waals surface area (Å²) >= 11 is 0. The molecule has 3 aromatic rings. The molecule has 1 aliphatic heterocycles. The van der Waals surface area contributed by atoms with Gasteiger partial charge in [0.1, 0.15) is 0 Å². The molecular formula is C23H22N3NaO3. The van der Waals surface area contributed by atoms with Crippen molar-refractivity contribution in [3.63, 3.8) is 0 Å². The first-order valence-corrected chi connectivity index (χ1v) is 9.67. The van der Waals surface area contributed by atoms with Gasteiger partial charge in [-0.15, -0.1) is 0 Å². The summed E-state index contributed by atoms with van der Waals surface area (Å²) in [5, 5.41) is 16.4. The minimum absolute atomic E-state index is 0. The topological polar surface area (TPSA) is 75.7 Å². The van der Waals surface area contributed by atoms with E-state index in [4.69, 9.17) is 0 Å². The molecule has 0 radical (unpaired) electrons. The second kappa shape index (κ2) is 10.1. The zero-order valence-corrected chi connectivity index (χ0v) is 19.0. The summed E-state index contributed by atoms with van der Waals surface area (Å²) in [5.74, 6) is -1.30. The number of fused-ring (bicyclic) bond motifs is 1. The first-order chi connectivity index (χ1) is 14.1. The number of piperazine rings is 1. The number of hydrogen-bond acceptors (Lipinski definition) is 4. The van der Waals surface area contributed by atoms with E-state index < -0.39 is 5.97 Å². The second-order valence-corrected chi connectivity index (χ2v) is 7.16. The molecular weight excluding hydrogens is 389 g/mol. The molecule has 4 rings (SSSR count). The van der Waals surface area contributed by atoms with Crippen LogP contribution in [0.2, 0.25) is 0 Å². The number of urea groups is 1. The molecule has 0 spiro atoms. The van der Waals surface area contributed by atoms with Gasteiger partial charge in [0.05, 0.1) is 11.7 Å². The number of aromatic carboxylic acids is 1. The Morgan fingerprint density at radius 3 is 2.30 bits per heavy atom. The first-order valence-electron chi connectivity index (χ1n) is 9.67. The number of benzene rings is 3. The Labute approximate surface area is 197 Å². The largest absolute Gasteiger partial charge is 1.00 e. The van der Waals surface area contributed by atoms with Crippen molar-refractivity contribution in [3.8, 4) is 0 Å². The predicted molar refractivity (Wildman–Crippen MR) is 111 cm³/mol. The van der Waals surface area contributed by atoms with E-state index in [0.717, 1.165) is 19.6 Å². The Kier molecular flexibility index (Phi) is 7.50. The molecule has 148 valence electrons. The van der Waals surface area contributed by atoms with Crippen LogP contribution in [0.1, 0.15) is 15.9 Å². The number of carbonyl (C=O) groups excluding carboxylic acids is 2. The van der Waals surface area contributed by atoms with Crippen molar-refractivity contribution in [2.45, 2.75) is 6.54 Å². The van der Waals surface area contributed by atoms with Gasteiger partial charge in [-0.25, -0.2) is 4.79 Å². The maximum atomic E-state index is 12.6. The quantitative estimate of drug-likeness (QED) is 0.591. The fourth-order valence-corrected chi connectivity index (χ4v) is 3.74. The third-order valence-electron chi connectivity index (χ3n) is 5.32. The zero-order chi connectivity index (χ0) is 20.2. The maximum absolute atomic E-state index is 12.6. The number of carbonyl (C=O) groups is 2. The number of para-hydroxylation sites is 1. The molecule has 1 heterocycles. The summed E-state index contributed by atoms with van der Waals surface area (Å²) < 4.78 is 0. The Morgan fingerprint density at radius 1 is 0.867 bits per heavy atom. The number of nitrogens with zero attached hydrogens (tertiary/aromatic N) is 2. The van der Waals surface area contributed by atoms with Crippen molar-refractivity contribution in [2.24, 2.45) is 0 Å². The number of rotatable bonds is 4. The summed E-state index contributed by atoms with van der Waals surface area (Å²) in [6, 6.07) is 20.7. The van der Waals surface area contributed by atoms with Gasteiger partial charge < -0.3 is 20.1 Å². The van der Waals surface area contributed by atoms with Gasteiger partial charge in [0.15, 0.2) is 0 Å². The third kappa shape index (κ3) is 5.02. The van der Waals surface area contributed by atoms with Crippen LogP contribution in [-0.2, 0) is 6.54 Å². The molecule has 30 heavy (non-hydrogen) atoms. The van der Waals surface area contributed by atoms with Crippen LogP contribution in [-0.4, -0.2) is 48.0 Å². The van der Waals surface area contributed by atoms with E-state index in [1.807, 2.05) is 6.07 Å². The summed E-state index contributed by atoms with van der Waals surface area (Å²) in [7, 11) is 0. The average Bonchev–Trinajstić information content (AvgIpc) is 2.75. The molecule has 0 aromatic heterocycles. The van der Waals surface area contributed by atoms with E-state index in [0.29, 0.717) is 13.1 Å². The van der Waals surface area contributed by atoms with Gasteiger partial charge in [0.25, 0.3) is 0 Å². The molecule has 2 amide bonds. The number of anilines is 1. The molecule has 1 N–H and O–H groups in total. The van der Waals surface area contributed by atoms with E-state index in [1.54, 1.807) is 23.1 Å². The fourth-order valence-electron chi connectivity index (χ4n) is 3.74. The van der Waals surface area contributed by atoms with Gasteiger partial charge in [-0.3, -0.25) is 4.90 Å². The van der Waals surface area contributed by atoms with Crippen molar-refractivity contribution in [2.75, 3.05) is 31.5 Å². The van der Waals surface area contributed by atoms with Gasteiger partial charge >= 0.3 is 35.6 Å². The van der Waals surface area contributed by atoms with Gasteiger partial charge in [-0.1, -0.05) is 60.7 Å². The monoisotopic (exact) mass is 411 g/mol. The minimum Gasteiger partial charge on any atom is -0.545 e. The van der Waals surface area contributed by atoms with E-state index in [2.05, 4.69) is 46.6 Å². The normalized spacial score (nSPS) is 14.2. The van der Waals surface area contributed by atoms with Gasteiger partial charge in [-0.2, -0.15) is 0 Å². The smallest absolute Gasteiger partial charge is 0.545 e. The van der Waals surface area contributed by atoms with Crippen molar-refractivity contribution in [3.05, 3.63) is 77.9 Å². The first kappa shape index (κ1) is 22.3. The van der Waals surface area contributed by atoms with Crippen LogP contribution in [0.3, 0.4) is 0 Å². The molecule has 1 fully saturated rings. The molecule has 0 saturated carbocycles. The number of hydrogen-bond donors (Lipinski definition) is 1. The number of amides is 2. The van der Waals surface area contributed by atoms with Crippen LogP contribution in [0.15, 0.2) is 66.7 Å². The van der Waals surface area contributed by atoms with E-state index in [9.17, 15) is 14.7 Å². The second-order valence-electron chi connectivity index (χ2n) is 7.16. The Bertz CT molecular complexity index is 1040. The van der Waals surface area contributed by atoms with E-state index >= 15 is 0 Å². The predicted octanol–water partition coefficient (Wildman–Crippen LogP) is -0.443. The molecule has 7 heteroatoms. The Hall–Kier alpha value is -2.38. The van der Waals surface area contributed by atoms with Crippen LogP contribution < -0.4 is 40.0 Å². The van der Waals surface area contributed by atoms with Crippen molar-refractivity contribution in [1.29, 1.82) is 0 Å². The molecule has 0 unspecified atom stereocenters. The number of nitrogens with one attached hydrogen (secondary N) is 1. The summed E-state index contributed by atoms with van der Waals surface area (Å²) in [5.41, 5.74) is 1.52. The molecule has 3 aromatic carbocycles. The van der Waals surface area contributed by atoms with Crippen LogP contribution in [0, 0.1) is 0 Å². The number of carboxylic acid groups (broad SMARTS) is 1. The summed E-state index contributed by atoms with van der Waals surface area (Å²) in [6.45, 7) is 3.54. The zero-order valence-electron chi connectivity index (χ0n) is 17.0. The van der Waals surface area contributed by atoms with Crippen LogP contribution >= 0.6 is 0 Å². The van der Waals surface area contributed by atoms with Gasteiger partial charge in [-0.05, 0) is 22.4 Å². The van der Waals surface area contributed by atoms with Crippen LogP contribution in [0.4, 0.5) is 10.5 Å². The van der Waals surface area contributed by atoms with Gasteiger partial charge in [0, 0.05) is 38.3 Å². The van der Waals surface area contributed by atoms with Gasteiger partial charge in [0.2, 0.25) is 0 Å². The van der Waals surface area contributed by atoms with Crippen LogP contribution in [0.25, 0.3) is 10.8 Å². The Morgan fingerprint density at radius 2 is 1.53 bits per heavy atom. The molecule has 6 nitrogen and oxygen atoms in total. The average molecular weight is 411 g/mol. The van der Waals surface area contributed by atoms with Crippen molar-refractivity contribution < 1.29 is 44.3 Å². The molecule has 0 aliphatic carbocycles. The Balaban J connectivity index is 0.00000256. The van der Waals surface area contributed by atoms with Crippen molar-refractivity contribution >= 4 is 28.5 Å². The minimum atomic E-state index is -1.30. The molecule has 1 aliphatic rings. The maximum Gasteiger partial charge on any atom is 1.00 e. The third-order valence-corrected chi connectivity index (χ3v) is 5.32.